The lowest BCUT2D eigenvalue weighted by atomic mass is 10.1. The van der Waals surface area contributed by atoms with E-state index in [1.165, 1.54) is 5.56 Å². The average Bonchev–Trinajstić information content (AvgIpc) is 2.53. The summed E-state index contributed by atoms with van der Waals surface area (Å²) in [5.74, 6) is 1.60. The molecule has 0 bridgehead atoms. The summed E-state index contributed by atoms with van der Waals surface area (Å²) in [4.78, 5) is 4.14. The zero-order valence-electron chi connectivity index (χ0n) is 12.1. The Morgan fingerprint density at radius 2 is 1.85 bits per heavy atom. The van der Waals surface area contributed by atoms with Crippen molar-refractivity contribution < 1.29 is 9.47 Å². The van der Waals surface area contributed by atoms with Gasteiger partial charge in [-0.3, -0.25) is 4.98 Å². The van der Waals surface area contributed by atoms with Gasteiger partial charge in [-0.2, -0.15) is 0 Å². The zero-order chi connectivity index (χ0) is 14.4. The second-order valence-electron chi connectivity index (χ2n) is 4.61. The maximum atomic E-state index is 5.27. The van der Waals surface area contributed by atoms with E-state index < -0.39 is 0 Å². The van der Waals surface area contributed by atoms with Crippen LogP contribution in [0.15, 0.2) is 42.7 Å². The van der Waals surface area contributed by atoms with Crippen molar-refractivity contribution >= 4 is 0 Å². The molecule has 106 valence electrons. The number of rotatable bonds is 6. The Kier molecular flexibility index (Phi) is 4.96. The summed E-state index contributed by atoms with van der Waals surface area (Å²) in [6.07, 6.45) is 3.66. The van der Waals surface area contributed by atoms with Crippen molar-refractivity contribution in [1.29, 1.82) is 0 Å². The molecule has 2 rings (SSSR count). The quantitative estimate of drug-likeness (QED) is 0.878. The first-order valence-electron chi connectivity index (χ1n) is 6.58. The second kappa shape index (κ2) is 6.91. The number of ether oxygens (including phenoxy) is 2. The van der Waals surface area contributed by atoms with Crippen LogP contribution in [0, 0.1) is 0 Å². The Morgan fingerprint density at radius 3 is 2.40 bits per heavy atom. The van der Waals surface area contributed by atoms with Crippen LogP contribution in [0.4, 0.5) is 0 Å². The van der Waals surface area contributed by atoms with Crippen molar-refractivity contribution in [3.63, 3.8) is 0 Å². The van der Waals surface area contributed by atoms with Gasteiger partial charge in [0, 0.05) is 31.0 Å². The fourth-order valence-electron chi connectivity index (χ4n) is 1.99. The molecule has 0 radical (unpaired) electrons. The SMILES string of the molecule is COc1cc(CN[C@H](C)c2cccnc2)cc(OC)c1. The third-order valence-corrected chi connectivity index (χ3v) is 3.21. The summed E-state index contributed by atoms with van der Waals surface area (Å²) in [6.45, 7) is 2.86. The minimum Gasteiger partial charge on any atom is -0.497 e. The van der Waals surface area contributed by atoms with Crippen molar-refractivity contribution in [3.05, 3.63) is 53.9 Å². The molecule has 20 heavy (non-hydrogen) atoms. The molecule has 0 saturated heterocycles. The van der Waals surface area contributed by atoms with E-state index in [4.69, 9.17) is 9.47 Å². The third kappa shape index (κ3) is 3.71. The lowest BCUT2D eigenvalue weighted by Gasteiger charge is -2.15. The van der Waals surface area contributed by atoms with Gasteiger partial charge in [-0.15, -0.1) is 0 Å². The lowest BCUT2D eigenvalue weighted by Crippen LogP contribution is -2.18. The highest BCUT2D eigenvalue weighted by atomic mass is 16.5. The van der Waals surface area contributed by atoms with Crippen molar-refractivity contribution in [1.82, 2.24) is 10.3 Å². The molecule has 1 N–H and O–H groups in total. The smallest absolute Gasteiger partial charge is 0.122 e. The molecule has 4 heteroatoms. The van der Waals surface area contributed by atoms with Gasteiger partial charge >= 0.3 is 0 Å². The largest absolute Gasteiger partial charge is 0.497 e. The number of hydrogen-bond donors (Lipinski definition) is 1. The molecule has 0 aliphatic carbocycles. The minimum atomic E-state index is 0.237. The Labute approximate surface area is 119 Å². The maximum absolute atomic E-state index is 5.27. The Balaban J connectivity index is 2.03. The molecule has 0 aliphatic rings. The van der Waals surface area contributed by atoms with Crippen LogP contribution < -0.4 is 14.8 Å². The Bertz CT molecular complexity index is 521. The molecular weight excluding hydrogens is 252 g/mol. The van der Waals surface area contributed by atoms with Gasteiger partial charge in [0.05, 0.1) is 14.2 Å². The Morgan fingerprint density at radius 1 is 1.15 bits per heavy atom. The van der Waals surface area contributed by atoms with Gasteiger partial charge in [-0.25, -0.2) is 0 Å². The number of methoxy groups -OCH3 is 2. The number of pyridine rings is 1. The molecule has 0 unspecified atom stereocenters. The Hall–Kier alpha value is -2.07. The molecule has 0 aliphatic heterocycles. The van der Waals surface area contributed by atoms with Crippen LogP contribution in [0.1, 0.15) is 24.1 Å². The van der Waals surface area contributed by atoms with Gasteiger partial charge < -0.3 is 14.8 Å². The van der Waals surface area contributed by atoms with E-state index in [2.05, 4.69) is 23.3 Å². The van der Waals surface area contributed by atoms with Crippen LogP contribution in [0.25, 0.3) is 0 Å². The number of hydrogen-bond acceptors (Lipinski definition) is 4. The fraction of sp³-hybridized carbons (Fsp3) is 0.312. The number of aromatic nitrogens is 1. The summed E-state index contributed by atoms with van der Waals surface area (Å²) in [6, 6.07) is 10.1. The zero-order valence-corrected chi connectivity index (χ0v) is 12.1. The molecule has 0 spiro atoms. The number of nitrogens with one attached hydrogen (secondary N) is 1. The van der Waals surface area contributed by atoms with Crippen LogP contribution in [0.3, 0.4) is 0 Å². The first-order chi connectivity index (χ1) is 9.72. The summed E-state index contributed by atoms with van der Waals surface area (Å²) >= 11 is 0. The van der Waals surface area contributed by atoms with Crippen molar-refractivity contribution in [2.75, 3.05) is 14.2 Å². The van der Waals surface area contributed by atoms with Crippen LogP contribution in [-0.4, -0.2) is 19.2 Å². The van der Waals surface area contributed by atoms with Crippen LogP contribution in [-0.2, 0) is 6.54 Å². The van der Waals surface area contributed by atoms with Gasteiger partial charge in [0.15, 0.2) is 0 Å². The van der Waals surface area contributed by atoms with Gasteiger partial charge in [-0.05, 0) is 36.2 Å². The summed E-state index contributed by atoms with van der Waals surface area (Å²) < 4.78 is 10.5. The van der Waals surface area contributed by atoms with E-state index in [-0.39, 0.29) is 6.04 Å². The predicted octanol–water partition coefficient (Wildman–Crippen LogP) is 2.95. The maximum Gasteiger partial charge on any atom is 0.122 e. The topological polar surface area (TPSA) is 43.4 Å². The fourth-order valence-corrected chi connectivity index (χ4v) is 1.99. The lowest BCUT2D eigenvalue weighted by molar-refractivity contribution is 0.392. The highest BCUT2D eigenvalue weighted by Crippen LogP contribution is 2.23. The highest BCUT2D eigenvalue weighted by molar-refractivity contribution is 5.38. The minimum absolute atomic E-state index is 0.237. The van der Waals surface area contributed by atoms with E-state index in [0.717, 1.165) is 23.6 Å². The van der Waals surface area contributed by atoms with Crippen LogP contribution >= 0.6 is 0 Å². The molecule has 1 aromatic carbocycles. The van der Waals surface area contributed by atoms with E-state index in [9.17, 15) is 0 Å². The molecule has 0 amide bonds. The summed E-state index contributed by atoms with van der Waals surface area (Å²) in [5.41, 5.74) is 2.29. The number of nitrogens with zero attached hydrogens (tertiary/aromatic N) is 1. The molecule has 1 atom stereocenters. The normalized spacial score (nSPS) is 11.9. The van der Waals surface area contributed by atoms with E-state index in [1.807, 2.05) is 30.5 Å². The van der Waals surface area contributed by atoms with E-state index in [0.29, 0.717) is 0 Å². The summed E-state index contributed by atoms with van der Waals surface area (Å²) in [7, 11) is 3.31. The summed E-state index contributed by atoms with van der Waals surface area (Å²) in [5, 5.41) is 3.47. The molecule has 1 aromatic heterocycles. The first kappa shape index (κ1) is 14.3. The number of benzene rings is 1. The molecular formula is C16H20N2O2. The second-order valence-corrected chi connectivity index (χ2v) is 4.61. The van der Waals surface area contributed by atoms with Gasteiger partial charge in [-0.1, -0.05) is 6.07 Å². The molecule has 0 saturated carbocycles. The van der Waals surface area contributed by atoms with Crippen molar-refractivity contribution in [3.8, 4) is 11.5 Å². The van der Waals surface area contributed by atoms with E-state index in [1.54, 1.807) is 20.4 Å². The van der Waals surface area contributed by atoms with E-state index >= 15 is 0 Å². The standard InChI is InChI=1S/C16H20N2O2/c1-12(14-5-4-6-17-11-14)18-10-13-7-15(19-2)9-16(8-13)20-3/h4-9,11-12,18H,10H2,1-3H3/t12-/m1/s1. The third-order valence-electron chi connectivity index (χ3n) is 3.21. The van der Waals surface area contributed by atoms with Crippen molar-refractivity contribution in [2.24, 2.45) is 0 Å². The highest BCUT2D eigenvalue weighted by Gasteiger charge is 2.06. The van der Waals surface area contributed by atoms with Gasteiger partial charge in [0.1, 0.15) is 11.5 Å². The van der Waals surface area contributed by atoms with Crippen LogP contribution in [0.2, 0.25) is 0 Å². The van der Waals surface area contributed by atoms with Gasteiger partial charge in [0.25, 0.3) is 0 Å². The predicted molar refractivity (Wildman–Crippen MR) is 79.0 cm³/mol. The molecule has 4 nitrogen and oxygen atoms in total. The first-order valence-corrected chi connectivity index (χ1v) is 6.58. The molecule has 2 aromatic rings. The van der Waals surface area contributed by atoms with Gasteiger partial charge in [0.2, 0.25) is 0 Å². The molecule has 0 fully saturated rings. The van der Waals surface area contributed by atoms with Crippen LogP contribution in [0.5, 0.6) is 11.5 Å². The average molecular weight is 272 g/mol. The van der Waals surface area contributed by atoms with Crippen molar-refractivity contribution in [2.45, 2.75) is 19.5 Å². The molecule has 1 heterocycles. The monoisotopic (exact) mass is 272 g/mol.